The van der Waals surface area contributed by atoms with Gasteiger partial charge in [-0.25, -0.2) is 0 Å². The van der Waals surface area contributed by atoms with Gasteiger partial charge in [-0.05, 0) is 48.0 Å². The minimum Gasteiger partial charge on any atom is -0.489 e. The third-order valence-electron chi connectivity index (χ3n) is 4.69. The Kier molecular flexibility index (Phi) is 7.00. The number of aromatic nitrogens is 2. The Labute approximate surface area is 200 Å². The van der Waals surface area contributed by atoms with Crippen LogP contribution in [-0.4, -0.2) is 15.7 Å². The first-order valence-electron chi connectivity index (χ1n) is 9.72. The Morgan fingerprint density at radius 2 is 1.69 bits per heavy atom. The number of carbonyl (C=O) groups is 1. The zero-order valence-electron chi connectivity index (χ0n) is 16.8. The van der Waals surface area contributed by atoms with Crippen LogP contribution in [0.2, 0.25) is 15.1 Å². The summed E-state index contributed by atoms with van der Waals surface area (Å²) in [6.45, 7) is 0.773. The van der Waals surface area contributed by atoms with Gasteiger partial charge in [0.1, 0.15) is 12.4 Å². The van der Waals surface area contributed by atoms with Crippen LogP contribution in [0.5, 0.6) is 5.75 Å². The van der Waals surface area contributed by atoms with Gasteiger partial charge in [0.05, 0.1) is 18.4 Å². The Hall–Kier alpha value is -2.99. The second-order valence-electron chi connectivity index (χ2n) is 7.02. The molecular weight excluding hydrogens is 469 g/mol. The van der Waals surface area contributed by atoms with E-state index in [0.29, 0.717) is 45.2 Å². The fourth-order valence-electron chi connectivity index (χ4n) is 3.04. The fourth-order valence-corrected chi connectivity index (χ4v) is 3.74. The third kappa shape index (κ3) is 5.62. The molecule has 0 atom stereocenters. The predicted molar refractivity (Wildman–Crippen MR) is 128 cm³/mol. The number of rotatable bonds is 7. The molecule has 1 amide bonds. The molecule has 4 rings (SSSR count). The number of nitrogens with one attached hydrogen (secondary N) is 1. The van der Waals surface area contributed by atoms with Crippen LogP contribution in [0.1, 0.15) is 21.5 Å². The molecular formula is C24H18Cl3N3O2. The number of ether oxygens (including phenoxy) is 1. The van der Waals surface area contributed by atoms with Crippen molar-refractivity contribution in [3.8, 4) is 5.75 Å². The summed E-state index contributed by atoms with van der Waals surface area (Å²) in [6.07, 6.45) is 3.31. The molecule has 0 unspecified atom stereocenters. The zero-order valence-corrected chi connectivity index (χ0v) is 19.0. The molecule has 0 aliphatic rings. The van der Waals surface area contributed by atoms with E-state index >= 15 is 0 Å². The highest BCUT2D eigenvalue weighted by Gasteiger charge is 2.10. The van der Waals surface area contributed by atoms with E-state index in [1.807, 2.05) is 24.3 Å². The number of anilines is 1. The van der Waals surface area contributed by atoms with Crippen LogP contribution in [0.25, 0.3) is 0 Å². The predicted octanol–water partition coefficient (Wildman–Crippen LogP) is 6.72. The third-order valence-corrected chi connectivity index (χ3v) is 5.63. The van der Waals surface area contributed by atoms with Crippen LogP contribution < -0.4 is 10.1 Å². The molecule has 4 aromatic rings. The van der Waals surface area contributed by atoms with E-state index < -0.39 is 0 Å². The molecule has 1 heterocycles. The lowest BCUT2D eigenvalue weighted by Gasteiger charge is -2.08. The van der Waals surface area contributed by atoms with Gasteiger partial charge in [0.15, 0.2) is 0 Å². The van der Waals surface area contributed by atoms with E-state index in [1.54, 1.807) is 59.5 Å². The van der Waals surface area contributed by atoms with E-state index in [1.165, 1.54) is 0 Å². The molecule has 3 aromatic carbocycles. The minimum absolute atomic E-state index is 0.234. The van der Waals surface area contributed by atoms with Crippen LogP contribution in [0.4, 0.5) is 5.69 Å². The molecule has 0 aliphatic carbocycles. The molecule has 32 heavy (non-hydrogen) atoms. The highest BCUT2D eigenvalue weighted by molar-refractivity contribution is 6.36. The fraction of sp³-hybridized carbons (Fsp3) is 0.0833. The van der Waals surface area contributed by atoms with Crippen molar-refractivity contribution in [1.29, 1.82) is 0 Å². The smallest absolute Gasteiger partial charge is 0.255 e. The lowest BCUT2D eigenvalue weighted by atomic mass is 10.1. The first-order chi connectivity index (χ1) is 15.5. The average Bonchev–Trinajstić information content (AvgIpc) is 3.22. The molecule has 0 radical (unpaired) electrons. The van der Waals surface area contributed by atoms with Crippen molar-refractivity contribution in [3.63, 3.8) is 0 Å². The van der Waals surface area contributed by atoms with Crippen molar-refractivity contribution in [1.82, 2.24) is 9.78 Å². The van der Waals surface area contributed by atoms with Crippen LogP contribution in [0, 0.1) is 0 Å². The van der Waals surface area contributed by atoms with Gasteiger partial charge in [-0.2, -0.15) is 5.10 Å². The molecule has 8 heteroatoms. The summed E-state index contributed by atoms with van der Waals surface area (Å²) in [6, 6.07) is 19.8. The maximum absolute atomic E-state index is 12.6. The minimum atomic E-state index is -0.234. The summed E-state index contributed by atoms with van der Waals surface area (Å²) in [5.41, 5.74) is 2.81. The van der Waals surface area contributed by atoms with Crippen LogP contribution in [-0.2, 0) is 13.2 Å². The van der Waals surface area contributed by atoms with Crippen LogP contribution in [0.3, 0.4) is 0 Å². The Balaban J connectivity index is 1.35. The number of hydrogen-bond acceptors (Lipinski definition) is 3. The summed E-state index contributed by atoms with van der Waals surface area (Å²) in [5.74, 6) is 0.456. The SMILES string of the molecule is O=C(Nc1cnn(Cc2c(Cl)cccc2Cl)c1)c1ccc(COc2cccc(Cl)c2)cc1. The Bertz CT molecular complexity index is 1220. The summed E-state index contributed by atoms with van der Waals surface area (Å²) >= 11 is 18.4. The highest BCUT2D eigenvalue weighted by Crippen LogP contribution is 2.25. The molecule has 0 aliphatic heterocycles. The number of halogens is 3. The van der Waals surface area contributed by atoms with Crippen molar-refractivity contribution in [2.24, 2.45) is 0 Å². The van der Waals surface area contributed by atoms with Crippen molar-refractivity contribution < 1.29 is 9.53 Å². The number of nitrogens with zero attached hydrogens (tertiary/aromatic N) is 2. The summed E-state index contributed by atoms with van der Waals surface area (Å²) in [4.78, 5) is 12.6. The standard InChI is InChI=1S/C24H18Cl3N3O2/c25-18-3-1-4-20(11-18)32-15-16-7-9-17(10-8-16)24(31)29-19-12-28-30(13-19)14-21-22(26)5-2-6-23(21)27/h1-13H,14-15H2,(H,29,31). The molecule has 0 spiro atoms. The van der Waals surface area contributed by atoms with E-state index in [2.05, 4.69) is 10.4 Å². The summed E-state index contributed by atoms with van der Waals surface area (Å²) in [7, 11) is 0. The maximum Gasteiger partial charge on any atom is 0.255 e. The highest BCUT2D eigenvalue weighted by atomic mass is 35.5. The average molecular weight is 487 g/mol. The zero-order chi connectivity index (χ0) is 22.5. The monoisotopic (exact) mass is 485 g/mol. The van der Waals surface area contributed by atoms with Crippen molar-refractivity contribution in [2.75, 3.05) is 5.32 Å². The second-order valence-corrected chi connectivity index (χ2v) is 8.27. The van der Waals surface area contributed by atoms with Gasteiger partial charge in [-0.15, -0.1) is 0 Å². The van der Waals surface area contributed by atoms with E-state index in [4.69, 9.17) is 39.5 Å². The van der Waals surface area contributed by atoms with Crippen LogP contribution in [0.15, 0.2) is 79.1 Å². The van der Waals surface area contributed by atoms with E-state index in [0.717, 1.165) is 11.1 Å². The first-order valence-corrected chi connectivity index (χ1v) is 10.9. The van der Waals surface area contributed by atoms with Gasteiger partial charge < -0.3 is 10.1 Å². The molecule has 1 aromatic heterocycles. The van der Waals surface area contributed by atoms with Crippen molar-refractivity contribution >= 4 is 46.4 Å². The van der Waals surface area contributed by atoms with Gasteiger partial charge in [0, 0.05) is 32.4 Å². The normalized spacial score (nSPS) is 10.7. The second kappa shape index (κ2) is 10.1. The van der Waals surface area contributed by atoms with E-state index in [-0.39, 0.29) is 5.91 Å². The molecule has 5 nitrogen and oxygen atoms in total. The molecule has 0 bridgehead atoms. The van der Waals surface area contributed by atoms with Gasteiger partial charge in [-0.3, -0.25) is 9.48 Å². The van der Waals surface area contributed by atoms with Crippen molar-refractivity contribution in [3.05, 3.63) is 111 Å². The lowest BCUT2D eigenvalue weighted by molar-refractivity contribution is 0.102. The Morgan fingerprint density at radius 3 is 2.41 bits per heavy atom. The quantitative estimate of drug-likeness (QED) is 0.315. The van der Waals surface area contributed by atoms with E-state index in [9.17, 15) is 4.79 Å². The molecule has 0 fully saturated rings. The Morgan fingerprint density at radius 1 is 0.969 bits per heavy atom. The molecule has 0 saturated heterocycles. The summed E-state index contributed by atoms with van der Waals surface area (Å²) < 4.78 is 7.39. The molecule has 1 N–H and O–H groups in total. The van der Waals surface area contributed by atoms with Gasteiger partial charge in [-0.1, -0.05) is 59.1 Å². The maximum atomic E-state index is 12.6. The molecule has 162 valence electrons. The molecule has 0 saturated carbocycles. The largest absolute Gasteiger partial charge is 0.489 e. The number of carbonyl (C=O) groups excluding carboxylic acids is 1. The number of hydrogen-bond donors (Lipinski definition) is 1. The van der Waals surface area contributed by atoms with Gasteiger partial charge in [0.2, 0.25) is 0 Å². The van der Waals surface area contributed by atoms with Crippen molar-refractivity contribution in [2.45, 2.75) is 13.2 Å². The first kappa shape index (κ1) is 22.2. The van der Waals surface area contributed by atoms with Crippen LogP contribution >= 0.6 is 34.8 Å². The van der Waals surface area contributed by atoms with Gasteiger partial charge in [0.25, 0.3) is 5.91 Å². The topological polar surface area (TPSA) is 56.2 Å². The lowest BCUT2D eigenvalue weighted by Crippen LogP contribution is -2.11. The van der Waals surface area contributed by atoms with Gasteiger partial charge >= 0.3 is 0 Å². The summed E-state index contributed by atoms with van der Waals surface area (Å²) in [5, 5.41) is 8.87. The number of amides is 1. The number of benzene rings is 3.